The number of aromatic nitrogens is 5. The van der Waals surface area contributed by atoms with E-state index in [1.54, 1.807) is 36.7 Å². The van der Waals surface area contributed by atoms with E-state index in [9.17, 15) is 8.78 Å². The molecule has 10 heteroatoms. The third-order valence-electron chi connectivity index (χ3n) is 5.03. The monoisotopic (exact) mass is 463 g/mol. The summed E-state index contributed by atoms with van der Waals surface area (Å²) in [6, 6.07) is 13.9. The van der Waals surface area contributed by atoms with Crippen LogP contribution in [0.2, 0.25) is 5.02 Å². The summed E-state index contributed by atoms with van der Waals surface area (Å²) >= 11 is 5.99. The lowest BCUT2D eigenvalue weighted by atomic mass is 10.1. The smallest absolute Gasteiger partial charge is 0.225 e. The Hall–Kier alpha value is -4.11. The first-order valence-electron chi connectivity index (χ1n) is 9.90. The second-order valence-corrected chi connectivity index (χ2v) is 7.64. The van der Waals surface area contributed by atoms with Crippen molar-refractivity contribution in [3.8, 4) is 16.9 Å². The molecule has 0 amide bonds. The third-order valence-corrected chi connectivity index (χ3v) is 5.28. The molecule has 3 aromatic heterocycles. The second-order valence-electron chi connectivity index (χ2n) is 7.20. The number of nitrogens with two attached hydrogens (primary N) is 1. The van der Waals surface area contributed by atoms with Gasteiger partial charge in [0.25, 0.3) is 0 Å². The fraction of sp³-hybridized carbons (Fsp3) is 0.0435. The third kappa shape index (κ3) is 4.06. The van der Waals surface area contributed by atoms with Gasteiger partial charge in [0.1, 0.15) is 17.5 Å². The fourth-order valence-corrected chi connectivity index (χ4v) is 3.55. The number of halogens is 3. The quantitative estimate of drug-likeness (QED) is 0.381. The van der Waals surface area contributed by atoms with Crippen LogP contribution in [0.15, 0.2) is 67.0 Å². The van der Waals surface area contributed by atoms with E-state index in [2.05, 4.69) is 25.4 Å². The zero-order valence-electron chi connectivity index (χ0n) is 17.0. The number of rotatable bonds is 5. The van der Waals surface area contributed by atoms with Crippen molar-refractivity contribution in [3.05, 3.63) is 89.2 Å². The van der Waals surface area contributed by atoms with Crippen molar-refractivity contribution in [2.75, 3.05) is 11.1 Å². The van der Waals surface area contributed by atoms with Crippen molar-refractivity contribution < 1.29 is 8.78 Å². The molecule has 164 valence electrons. The van der Waals surface area contributed by atoms with E-state index in [-0.39, 0.29) is 28.7 Å². The van der Waals surface area contributed by atoms with Crippen LogP contribution in [0.25, 0.3) is 28.0 Å². The van der Waals surface area contributed by atoms with Crippen LogP contribution in [0, 0.1) is 11.6 Å². The maximum absolute atomic E-state index is 14.7. The zero-order valence-corrected chi connectivity index (χ0v) is 17.8. The normalized spacial score (nSPS) is 11.1. The van der Waals surface area contributed by atoms with Crippen molar-refractivity contribution in [1.82, 2.24) is 24.7 Å². The first-order chi connectivity index (χ1) is 16.0. The molecular weight excluding hydrogens is 448 g/mol. The van der Waals surface area contributed by atoms with Crippen LogP contribution in [0.3, 0.4) is 0 Å². The van der Waals surface area contributed by atoms with Crippen molar-refractivity contribution in [2.24, 2.45) is 0 Å². The van der Waals surface area contributed by atoms with Crippen LogP contribution in [0.4, 0.5) is 20.5 Å². The number of hydrogen-bond donors (Lipinski definition) is 2. The maximum atomic E-state index is 14.7. The van der Waals surface area contributed by atoms with Crippen molar-refractivity contribution in [1.29, 1.82) is 0 Å². The van der Waals surface area contributed by atoms with Gasteiger partial charge < -0.3 is 11.1 Å². The van der Waals surface area contributed by atoms with E-state index >= 15 is 0 Å². The molecule has 0 saturated carbocycles. The summed E-state index contributed by atoms with van der Waals surface area (Å²) in [7, 11) is 0. The number of nitrogens with zero attached hydrogens (tertiary/aromatic N) is 5. The van der Waals surface area contributed by atoms with Gasteiger partial charge in [-0.15, -0.1) is 5.10 Å². The highest BCUT2D eigenvalue weighted by Gasteiger charge is 2.21. The minimum atomic E-state index is -0.770. The summed E-state index contributed by atoms with van der Waals surface area (Å²) < 4.78 is 29.8. The Labute approximate surface area is 191 Å². The Balaban J connectivity index is 1.67. The molecule has 5 rings (SSSR count). The van der Waals surface area contributed by atoms with Crippen LogP contribution in [0.1, 0.15) is 5.56 Å². The minimum Gasteiger partial charge on any atom is -0.383 e. The van der Waals surface area contributed by atoms with Crippen molar-refractivity contribution in [2.45, 2.75) is 6.54 Å². The number of benzene rings is 2. The highest BCUT2D eigenvalue weighted by Crippen LogP contribution is 2.34. The number of hydrogen-bond acceptors (Lipinski definition) is 6. The molecule has 0 saturated heterocycles. The Morgan fingerprint density at radius 2 is 1.73 bits per heavy atom. The number of pyridine rings is 1. The van der Waals surface area contributed by atoms with E-state index in [0.717, 1.165) is 17.7 Å². The molecule has 7 nitrogen and oxygen atoms in total. The molecule has 0 aliphatic rings. The van der Waals surface area contributed by atoms with Crippen LogP contribution in [-0.2, 0) is 6.54 Å². The van der Waals surface area contributed by atoms with Gasteiger partial charge in [-0.1, -0.05) is 11.6 Å². The topological polar surface area (TPSA) is 94.5 Å². The molecule has 5 aromatic rings. The Kier molecular flexibility index (Phi) is 5.31. The van der Waals surface area contributed by atoms with E-state index in [4.69, 9.17) is 17.3 Å². The highest BCUT2D eigenvalue weighted by molar-refractivity contribution is 6.30. The molecule has 33 heavy (non-hydrogen) atoms. The van der Waals surface area contributed by atoms with Gasteiger partial charge >= 0.3 is 0 Å². The second kappa shape index (κ2) is 8.44. The van der Waals surface area contributed by atoms with Crippen molar-refractivity contribution >= 4 is 34.4 Å². The van der Waals surface area contributed by atoms with Gasteiger partial charge in [0.05, 0.1) is 16.8 Å². The summed E-state index contributed by atoms with van der Waals surface area (Å²) in [6.45, 7) is 0.409. The first kappa shape index (κ1) is 20.8. The van der Waals surface area contributed by atoms with E-state index in [1.165, 1.54) is 10.7 Å². The Morgan fingerprint density at radius 3 is 2.45 bits per heavy atom. The lowest BCUT2D eigenvalue weighted by molar-refractivity contribution is 0.585. The summed E-state index contributed by atoms with van der Waals surface area (Å²) in [6.07, 6.45) is 3.35. The van der Waals surface area contributed by atoms with Gasteiger partial charge in [-0.2, -0.15) is 4.98 Å². The van der Waals surface area contributed by atoms with Crippen LogP contribution >= 0.6 is 11.6 Å². The average Bonchev–Trinajstić information content (AvgIpc) is 3.15. The number of anilines is 2. The fourth-order valence-electron chi connectivity index (χ4n) is 3.43. The van der Waals surface area contributed by atoms with Gasteiger partial charge in [-0.05, 0) is 54.1 Å². The van der Waals surface area contributed by atoms with Gasteiger partial charge in [0.2, 0.25) is 5.95 Å². The molecule has 0 radical (unpaired) electrons. The molecule has 0 fully saturated rings. The molecule has 0 unspecified atom stereocenters. The molecule has 0 aliphatic carbocycles. The molecule has 0 bridgehead atoms. The Bertz CT molecular complexity index is 1450. The lowest BCUT2D eigenvalue weighted by Crippen LogP contribution is -2.05. The molecule has 0 spiro atoms. The highest BCUT2D eigenvalue weighted by atomic mass is 35.5. The predicted octanol–water partition coefficient (Wildman–Crippen LogP) is 5.00. The van der Waals surface area contributed by atoms with Crippen LogP contribution in [0.5, 0.6) is 0 Å². The molecule has 3 heterocycles. The average molecular weight is 464 g/mol. The lowest BCUT2D eigenvalue weighted by Gasteiger charge is -2.09. The van der Waals surface area contributed by atoms with E-state index in [1.807, 2.05) is 12.1 Å². The van der Waals surface area contributed by atoms with Crippen LogP contribution < -0.4 is 11.1 Å². The molecular formula is C23H16ClF2N7. The standard InChI is InChI=1S/C23H16ClF2N7/c24-14-1-4-16(5-2-14)33-21(27)19-20(17-6-3-15(25)11-18(17)26)30-23(31-22(19)32-33)29-12-13-7-9-28-10-8-13/h1-11H,12,27H2,(H,29,31,32). The van der Waals surface area contributed by atoms with E-state index in [0.29, 0.717) is 22.6 Å². The zero-order chi connectivity index (χ0) is 22.9. The van der Waals surface area contributed by atoms with Crippen molar-refractivity contribution in [3.63, 3.8) is 0 Å². The summed E-state index contributed by atoms with van der Waals surface area (Å²) in [5, 5.41) is 8.54. The first-order valence-corrected chi connectivity index (χ1v) is 10.3. The molecule has 3 N–H and O–H groups in total. The molecule has 0 atom stereocenters. The summed E-state index contributed by atoms with van der Waals surface area (Å²) in [5.74, 6) is -1.03. The van der Waals surface area contributed by atoms with Crippen LogP contribution in [-0.4, -0.2) is 24.7 Å². The van der Waals surface area contributed by atoms with Gasteiger partial charge in [0.15, 0.2) is 5.65 Å². The van der Waals surface area contributed by atoms with Gasteiger partial charge in [-0.3, -0.25) is 4.98 Å². The van der Waals surface area contributed by atoms with Gasteiger partial charge in [-0.25, -0.2) is 18.4 Å². The number of fused-ring (bicyclic) bond motifs is 1. The predicted molar refractivity (Wildman–Crippen MR) is 123 cm³/mol. The minimum absolute atomic E-state index is 0.0816. The SMILES string of the molecule is Nc1c2c(-c3ccc(F)cc3F)nc(NCc3ccncc3)nc2nn1-c1ccc(Cl)cc1. The van der Waals surface area contributed by atoms with E-state index < -0.39 is 11.6 Å². The maximum Gasteiger partial charge on any atom is 0.225 e. The number of nitrogens with one attached hydrogen (secondary N) is 1. The molecule has 2 aromatic carbocycles. The number of nitrogen functional groups attached to an aromatic ring is 1. The van der Waals surface area contributed by atoms with Gasteiger partial charge in [0, 0.05) is 35.6 Å². The summed E-state index contributed by atoms with van der Waals surface area (Å²) in [4.78, 5) is 13.0. The largest absolute Gasteiger partial charge is 0.383 e. The molecule has 0 aliphatic heterocycles. The Morgan fingerprint density at radius 1 is 0.970 bits per heavy atom. The summed E-state index contributed by atoms with van der Waals surface area (Å²) in [5.41, 5.74) is 8.54.